The highest BCUT2D eigenvalue weighted by molar-refractivity contribution is 7.13. The van der Waals surface area contributed by atoms with Crippen molar-refractivity contribution < 1.29 is 9.53 Å². The lowest BCUT2D eigenvalue weighted by Gasteiger charge is -2.23. The van der Waals surface area contributed by atoms with Crippen LogP contribution in [0.3, 0.4) is 0 Å². The van der Waals surface area contributed by atoms with Gasteiger partial charge in [-0.15, -0.1) is 11.3 Å². The zero-order chi connectivity index (χ0) is 18.4. The number of hydrogen-bond acceptors (Lipinski definition) is 3. The minimum atomic E-state index is -0.271. The van der Waals surface area contributed by atoms with Gasteiger partial charge in [0.15, 0.2) is 0 Å². The summed E-state index contributed by atoms with van der Waals surface area (Å²) in [4.78, 5) is 13.5. The zero-order valence-corrected chi connectivity index (χ0v) is 16.3. The van der Waals surface area contributed by atoms with Crippen LogP contribution in [0.1, 0.15) is 59.5 Å². The molecule has 5 rings (SSSR count). The fourth-order valence-corrected chi connectivity index (χ4v) is 5.74. The Labute approximate surface area is 163 Å². The summed E-state index contributed by atoms with van der Waals surface area (Å²) < 4.78 is 7.37. The minimum Gasteiger partial charge on any atom is -0.465 e. The van der Waals surface area contributed by atoms with Gasteiger partial charge in [0.1, 0.15) is 0 Å². The van der Waals surface area contributed by atoms with E-state index in [1.165, 1.54) is 66.3 Å². The number of nitrogens with zero attached hydrogens (tertiary/aromatic N) is 1. The second kappa shape index (κ2) is 6.68. The Hall–Kier alpha value is -2.33. The molecule has 0 spiro atoms. The van der Waals surface area contributed by atoms with Crippen LogP contribution in [-0.4, -0.2) is 17.6 Å². The lowest BCUT2D eigenvalue weighted by atomic mass is 9.82. The second-order valence-corrected chi connectivity index (χ2v) is 8.45. The summed E-state index contributed by atoms with van der Waals surface area (Å²) in [5.74, 6) is 0.335. The van der Waals surface area contributed by atoms with E-state index in [-0.39, 0.29) is 5.97 Å². The molecule has 1 fully saturated rings. The third kappa shape index (κ3) is 2.66. The summed E-state index contributed by atoms with van der Waals surface area (Å²) in [5, 5.41) is 3.49. The van der Waals surface area contributed by atoms with Crippen LogP contribution in [0.5, 0.6) is 0 Å². The van der Waals surface area contributed by atoms with Gasteiger partial charge in [-0.3, -0.25) is 0 Å². The molecule has 3 aromatic rings. The van der Waals surface area contributed by atoms with Crippen molar-refractivity contribution in [1.82, 2.24) is 4.57 Å². The van der Waals surface area contributed by atoms with E-state index in [2.05, 4.69) is 34.2 Å². The Morgan fingerprint density at radius 3 is 2.85 bits per heavy atom. The molecule has 0 N–H and O–H groups in total. The number of aromatic nitrogens is 1. The Morgan fingerprint density at radius 2 is 2.04 bits per heavy atom. The van der Waals surface area contributed by atoms with Gasteiger partial charge in [0, 0.05) is 17.4 Å². The fourth-order valence-electron chi connectivity index (χ4n) is 4.79. The van der Waals surface area contributed by atoms with Crippen LogP contribution in [-0.2, 0) is 11.3 Å². The SMILES string of the molecule is COC(=O)c1ccc2c(C3CCCCC3)c3n(c2c1)CC=Cc1ccsc1-3. The summed E-state index contributed by atoms with van der Waals surface area (Å²) in [6.45, 7) is 0.838. The molecular formula is C23H23NO2S. The Bertz CT molecular complexity index is 1050. The van der Waals surface area contributed by atoms with Crippen LogP contribution in [0.4, 0.5) is 0 Å². The van der Waals surface area contributed by atoms with Crippen molar-refractivity contribution in [2.75, 3.05) is 7.11 Å². The van der Waals surface area contributed by atoms with Gasteiger partial charge in [-0.2, -0.15) is 0 Å². The van der Waals surface area contributed by atoms with E-state index < -0.39 is 0 Å². The number of allylic oxidation sites excluding steroid dienone is 1. The topological polar surface area (TPSA) is 31.2 Å². The molecule has 0 radical (unpaired) electrons. The first-order valence-corrected chi connectivity index (χ1v) is 10.6. The Morgan fingerprint density at radius 1 is 1.19 bits per heavy atom. The van der Waals surface area contributed by atoms with Crippen molar-refractivity contribution in [1.29, 1.82) is 0 Å². The first-order chi connectivity index (χ1) is 13.3. The van der Waals surface area contributed by atoms with Gasteiger partial charge < -0.3 is 9.30 Å². The monoisotopic (exact) mass is 377 g/mol. The number of benzene rings is 1. The molecule has 1 aromatic carbocycles. The number of carbonyl (C=O) groups excluding carboxylic acids is 1. The van der Waals surface area contributed by atoms with Gasteiger partial charge in [-0.05, 0) is 53.5 Å². The fraction of sp³-hybridized carbons (Fsp3) is 0.348. The Kier molecular flexibility index (Phi) is 4.16. The summed E-state index contributed by atoms with van der Waals surface area (Å²) in [6, 6.07) is 8.30. The average Bonchev–Trinajstić information content (AvgIpc) is 3.25. The molecule has 0 saturated heterocycles. The van der Waals surface area contributed by atoms with Gasteiger partial charge in [-0.1, -0.05) is 37.5 Å². The normalized spacial score (nSPS) is 16.8. The van der Waals surface area contributed by atoms with E-state index in [4.69, 9.17) is 4.74 Å². The van der Waals surface area contributed by atoms with Crippen LogP contribution in [0.15, 0.2) is 35.7 Å². The van der Waals surface area contributed by atoms with Crippen molar-refractivity contribution in [2.24, 2.45) is 0 Å². The van der Waals surface area contributed by atoms with E-state index in [0.717, 1.165) is 12.1 Å². The average molecular weight is 378 g/mol. The number of methoxy groups -OCH3 is 1. The molecule has 0 atom stereocenters. The smallest absolute Gasteiger partial charge is 0.337 e. The van der Waals surface area contributed by atoms with Gasteiger partial charge in [0.2, 0.25) is 0 Å². The second-order valence-electron chi connectivity index (χ2n) is 7.54. The molecule has 3 heterocycles. The quantitative estimate of drug-likeness (QED) is 0.496. The zero-order valence-electron chi connectivity index (χ0n) is 15.5. The molecular weight excluding hydrogens is 354 g/mol. The maximum Gasteiger partial charge on any atom is 0.337 e. The van der Waals surface area contributed by atoms with E-state index in [1.807, 2.05) is 23.5 Å². The number of fused-ring (bicyclic) bond motifs is 5. The van der Waals surface area contributed by atoms with E-state index in [1.54, 1.807) is 0 Å². The Balaban J connectivity index is 1.81. The van der Waals surface area contributed by atoms with Crippen LogP contribution in [0.2, 0.25) is 0 Å². The molecule has 0 unspecified atom stereocenters. The van der Waals surface area contributed by atoms with Crippen LogP contribution >= 0.6 is 11.3 Å². The molecule has 0 amide bonds. The summed E-state index contributed by atoms with van der Waals surface area (Å²) >= 11 is 1.83. The number of ether oxygens (including phenoxy) is 1. The van der Waals surface area contributed by atoms with E-state index in [0.29, 0.717) is 11.5 Å². The predicted octanol–water partition coefficient (Wildman–Crippen LogP) is 6.23. The van der Waals surface area contributed by atoms with Gasteiger partial charge in [-0.25, -0.2) is 4.79 Å². The maximum absolute atomic E-state index is 12.1. The largest absolute Gasteiger partial charge is 0.465 e. The van der Waals surface area contributed by atoms with Gasteiger partial charge in [0.25, 0.3) is 0 Å². The standard InChI is InChI=1S/C23H23NO2S/c1-26-23(25)17-9-10-18-19(14-17)24-12-5-8-16-11-13-27-22(16)21(24)20(18)15-6-3-2-4-7-15/h5,8-11,13-15H,2-4,6-7,12H2,1H3. The molecule has 1 saturated carbocycles. The summed E-state index contributed by atoms with van der Waals surface area (Å²) in [5.41, 5.74) is 5.95. The van der Waals surface area contributed by atoms with Crippen molar-refractivity contribution in [2.45, 2.75) is 44.6 Å². The van der Waals surface area contributed by atoms with E-state index in [9.17, 15) is 4.79 Å². The van der Waals surface area contributed by atoms with Crippen molar-refractivity contribution in [3.63, 3.8) is 0 Å². The molecule has 27 heavy (non-hydrogen) atoms. The highest BCUT2D eigenvalue weighted by atomic mass is 32.1. The molecule has 1 aliphatic heterocycles. The lowest BCUT2D eigenvalue weighted by Crippen LogP contribution is -2.06. The van der Waals surface area contributed by atoms with E-state index >= 15 is 0 Å². The minimum absolute atomic E-state index is 0.271. The molecule has 2 aliphatic rings. The van der Waals surface area contributed by atoms with Crippen molar-refractivity contribution in [3.05, 3.63) is 52.4 Å². The first-order valence-electron chi connectivity index (χ1n) is 9.77. The van der Waals surface area contributed by atoms with Crippen LogP contribution < -0.4 is 0 Å². The van der Waals surface area contributed by atoms with Crippen LogP contribution in [0, 0.1) is 0 Å². The third-order valence-electron chi connectivity index (χ3n) is 6.03. The summed E-state index contributed by atoms with van der Waals surface area (Å²) in [6.07, 6.45) is 11.0. The molecule has 4 heteroatoms. The molecule has 138 valence electrons. The molecule has 2 aromatic heterocycles. The van der Waals surface area contributed by atoms with Gasteiger partial charge >= 0.3 is 5.97 Å². The lowest BCUT2D eigenvalue weighted by molar-refractivity contribution is 0.0601. The number of hydrogen-bond donors (Lipinski definition) is 0. The number of rotatable bonds is 2. The predicted molar refractivity (Wildman–Crippen MR) is 111 cm³/mol. The highest BCUT2D eigenvalue weighted by Crippen LogP contribution is 2.47. The first kappa shape index (κ1) is 16.8. The van der Waals surface area contributed by atoms with Crippen LogP contribution in [0.25, 0.3) is 27.6 Å². The highest BCUT2D eigenvalue weighted by Gasteiger charge is 2.28. The molecule has 3 nitrogen and oxygen atoms in total. The van der Waals surface area contributed by atoms with Gasteiger partial charge in [0.05, 0.1) is 23.2 Å². The third-order valence-corrected chi connectivity index (χ3v) is 6.97. The number of thiophene rings is 1. The number of carbonyl (C=O) groups is 1. The molecule has 0 bridgehead atoms. The summed E-state index contributed by atoms with van der Waals surface area (Å²) in [7, 11) is 1.44. The maximum atomic E-state index is 12.1. The van der Waals surface area contributed by atoms with Crippen molar-refractivity contribution >= 4 is 34.3 Å². The van der Waals surface area contributed by atoms with Crippen molar-refractivity contribution in [3.8, 4) is 10.6 Å². The molecule has 1 aliphatic carbocycles. The number of esters is 1.